The Hall–Kier alpha value is -0.280. The summed E-state index contributed by atoms with van der Waals surface area (Å²) in [5, 5.41) is 0. The Balaban J connectivity index is 0.000000640. The van der Waals surface area contributed by atoms with Crippen LogP contribution in [0.3, 0.4) is 0 Å². The van der Waals surface area contributed by atoms with E-state index in [1.54, 1.807) is 0 Å². The van der Waals surface area contributed by atoms with Crippen LogP contribution in [-0.2, 0) is 9.53 Å². The van der Waals surface area contributed by atoms with E-state index < -0.39 is 0 Å². The SMILES string of the molecule is Cl.NCC(=O)OC1CC1. The Kier molecular flexibility index (Phi) is 3.58. The van der Waals surface area contributed by atoms with Gasteiger partial charge in [-0.1, -0.05) is 0 Å². The second-order valence-electron chi connectivity index (χ2n) is 1.89. The first-order chi connectivity index (χ1) is 3.83. The van der Waals surface area contributed by atoms with Crippen LogP contribution in [0.2, 0.25) is 0 Å². The highest BCUT2D eigenvalue weighted by atomic mass is 35.5. The van der Waals surface area contributed by atoms with E-state index in [0.717, 1.165) is 12.8 Å². The third-order valence-electron chi connectivity index (χ3n) is 0.989. The molecule has 0 aromatic heterocycles. The lowest BCUT2D eigenvalue weighted by atomic mass is 10.7. The third-order valence-corrected chi connectivity index (χ3v) is 0.989. The molecular formula is C5H10ClNO2. The monoisotopic (exact) mass is 151 g/mol. The van der Waals surface area contributed by atoms with Gasteiger partial charge in [0.05, 0.1) is 6.54 Å². The molecule has 0 unspecified atom stereocenters. The van der Waals surface area contributed by atoms with Crippen molar-refractivity contribution in [3.8, 4) is 0 Å². The largest absolute Gasteiger partial charge is 0.461 e. The summed E-state index contributed by atoms with van der Waals surface area (Å²) < 4.78 is 4.75. The van der Waals surface area contributed by atoms with E-state index in [4.69, 9.17) is 10.5 Å². The number of hydrogen-bond donors (Lipinski definition) is 1. The zero-order valence-electron chi connectivity index (χ0n) is 5.00. The number of esters is 1. The summed E-state index contributed by atoms with van der Waals surface area (Å²) in [5.74, 6) is -0.285. The minimum Gasteiger partial charge on any atom is -0.461 e. The van der Waals surface area contributed by atoms with Crippen molar-refractivity contribution in [3.05, 3.63) is 0 Å². The lowest BCUT2D eigenvalue weighted by Crippen LogP contribution is -2.17. The number of carbonyl (C=O) groups is 1. The highest BCUT2D eigenvalue weighted by Gasteiger charge is 2.24. The van der Waals surface area contributed by atoms with Gasteiger partial charge in [-0.2, -0.15) is 0 Å². The fraction of sp³-hybridized carbons (Fsp3) is 0.800. The molecule has 0 atom stereocenters. The molecule has 1 fully saturated rings. The van der Waals surface area contributed by atoms with E-state index in [2.05, 4.69) is 0 Å². The van der Waals surface area contributed by atoms with Crippen LogP contribution < -0.4 is 5.73 Å². The molecular weight excluding hydrogens is 142 g/mol. The van der Waals surface area contributed by atoms with Crippen molar-refractivity contribution < 1.29 is 9.53 Å². The molecule has 2 N–H and O–H groups in total. The van der Waals surface area contributed by atoms with E-state index in [9.17, 15) is 4.79 Å². The van der Waals surface area contributed by atoms with Crippen LogP contribution >= 0.6 is 12.4 Å². The van der Waals surface area contributed by atoms with Crippen molar-refractivity contribution in [1.29, 1.82) is 0 Å². The molecule has 0 aromatic carbocycles. The van der Waals surface area contributed by atoms with Crippen LogP contribution in [0.25, 0.3) is 0 Å². The topological polar surface area (TPSA) is 52.3 Å². The van der Waals surface area contributed by atoms with Crippen LogP contribution in [0.5, 0.6) is 0 Å². The number of carbonyl (C=O) groups excluding carboxylic acids is 1. The molecule has 1 saturated carbocycles. The molecule has 0 bridgehead atoms. The summed E-state index contributed by atoms with van der Waals surface area (Å²) in [6.07, 6.45) is 2.24. The first-order valence-electron chi connectivity index (χ1n) is 2.72. The Morgan fingerprint density at radius 1 is 1.67 bits per heavy atom. The standard InChI is InChI=1S/C5H9NO2.ClH/c6-3-5(7)8-4-1-2-4;/h4H,1-3,6H2;1H. The fourth-order valence-electron chi connectivity index (χ4n) is 0.420. The van der Waals surface area contributed by atoms with Crippen LogP contribution in [0.1, 0.15) is 12.8 Å². The second-order valence-corrected chi connectivity index (χ2v) is 1.89. The van der Waals surface area contributed by atoms with Crippen LogP contribution in [0, 0.1) is 0 Å². The van der Waals surface area contributed by atoms with Gasteiger partial charge >= 0.3 is 5.97 Å². The summed E-state index contributed by atoms with van der Waals surface area (Å²) in [5.41, 5.74) is 4.97. The molecule has 54 valence electrons. The molecule has 0 spiro atoms. The van der Waals surface area contributed by atoms with E-state index in [1.165, 1.54) is 0 Å². The van der Waals surface area contributed by atoms with E-state index in [-0.39, 0.29) is 31.0 Å². The average molecular weight is 152 g/mol. The molecule has 0 heterocycles. The predicted molar refractivity (Wildman–Crippen MR) is 35.4 cm³/mol. The number of halogens is 1. The number of nitrogens with two attached hydrogens (primary N) is 1. The Morgan fingerprint density at radius 3 is 2.56 bits per heavy atom. The zero-order chi connectivity index (χ0) is 5.98. The van der Waals surface area contributed by atoms with Crippen LogP contribution in [0.4, 0.5) is 0 Å². The van der Waals surface area contributed by atoms with Gasteiger partial charge < -0.3 is 10.5 Å². The van der Waals surface area contributed by atoms with Crippen molar-refractivity contribution in [1.82, 2.24) is 0 Å². The molecule has 0 aromatic rings. The normalized spacial score (nSPS) is 16.1. The molecule has 0 radical (unpaired) electrons. The van der Waals surface area contributed by atoms with E-state index >= 15 is 0 Å². The first-order valence-corrected chi connectivity index (χ1v) is 2.72. The molecule has 1 rings (SSSR count). The third kappa shape index (κ3) is 3.32. The van der Waals surface area contributed by atoms with Gasteiger partial charge in [0.2, 0.25) is 0 Å². The van der Waals surface area contributed by atoms with Gasteiger partial charge in [-0.15, -0.1) is 12.4 Å². The van der Waals surface area contributed by atoms with Crippen molar-refractivity contribution >= 4 is 18.4 Å². The number of ether oxygens (including phenoxy) is 1. The summed E-state index contributed by atoms with van der Waals surface area (Å²) in [7, 11) is 0. The quantitative estimate of drug-likeness (QED) is 0.569. The molecule has 0 saturated heterocycles. The Bertz CT molecular complexity index is 103. The molecule has 1 aliphatic rings. The highest BCUT2D eigenvalue weighted by Crippen LogP contribution is 2.22. The molecule has 9 heavy (non-hydrogen) atoms. The van der Waals surface area contributed by atoms with Gasteiger partial charge in [0.25, 0.3) is 0 Å². The van der Waals surface area contributed by atoms with Gasteiger partial charge in [0.1, 0.15) is 6.10 Å². The number of rotatable bonds is 2. The highest BCUT2D eigenvalue weighted by molar-refractivity contribution is 5.85. The lowest BCUT2D eigenvalue weighted by molar-refractivity contribution is -0.143. The zero-order valence-corrected chi connectivity index (χ0v) is 5.82. The van der Waals surface area contributed by atoms with Gasteiger partial charge in [-0.3, -0.25) is 4.79 Å². The average Bonchev–Trinajstić information content (AvgIpc) is 2.50. The van der Waals surface area contributed by atoms with E-state index in [1.807, 2.05) is 0 Å². The molecule has 0 aliphatic heterocycles. The molecule has 4 heteroatoms. The maximum absolute atomic E-state index is 10.3. The van der Waals surface area contributed by atoms with Gasteiger partial charge in [0.15, 0.2) is 0 Å². The van der Waals surface area contributed by atoms with Gasteiger partial charge in [-0.25, -0.2) is 0 Å². The minimum absolute atomic E-state index is 0. The lowest BCUT2D eigenvalue weighted by Gasteiger charge is -1.96. The maximum Gasteiger partial charge on any atom is 0.319 e. The smallest absolute Gasteiger partial charge is 0.319 e. The second kappa shape index (κ2) is 3.69. The summed E-state index contributed by atoms with van der Waals surface area (Å²) in [4.78, 5) is 10.3. The van der Waals surface area contributed by atoms with Gasteiger partial charge in [0, 0.05) is 0 Å². The predicted octanol–water partition coefficient (Wildman–Crippen LogP) is 0.0725. The Labute approximate surface area is 60.0 Å². The van der Waals surface area contributed by atoms with Crippen LogP contribution in [0.15, 0.2) is 0 Å². The maximum atomic E-state index is 10.3. The number of hydrogen-bond acceptors (Lipinski definition) is 3. The summed E-state index contributed by atoms with van der Waals surface area (Å²) in [6.45, 7) is 0.0104. The van der Waals surface area contributed by atoms with Crippen molar-refractivity contribution in [3.63, 3.8) is 0 Å². The Morgan fingerprint density at radius 2 is 2.22 bits per heavy atom. The van der Waals surface area contributed by atoms with E-state index in [0.29, 0.717) is 0 Å². The van der Waals surface area contributed by atoms with Gasteiger partial charge in [-0.05, 0) is 12.8 Å². The summed E-state index contributed by atoms with van der Waals surface area (Å²) in [6, 6.07) is 0. The van der Waals surface area contributed by atoms with Crippen molar-refractivity contribution in [2.24, 2.45) is 5.73 Å². The molecule has 3 nitrogen and oxygen atoms in total. The van der Waals surface area contributed by atoms with Crippen LogP contribution in [-0.4, -0.2) is 18.6 Å². The molecule has 0 amide bonds. The first kappa shape index (κ1) is 8.72. The molecule has 1 aliphatic carbocycles. The van der Waals surface area contributed by atoms with Crippen molar-refractivity contribution in [2.75, 3.05) is 6.54 Å². The fourth-order valence-corrected chi connectivity index (χ4v) is 0.420. The summed E-state index contributed by atoms with van der Waals surface area (Å²) >= 11 is 0. The minimum atomic E-state index is -0.285. The van der Waals surface area contributed by atoms with Crippen molar-refractivity contribution in [2.45, 2.75) is 18.9 Å².